The van der Waals surface area contributed by atoms with Crippen LogP contribution in [0, 0.1) is 0 Å². The summed E-state index contributed by atoms with van der Waals surface area (Å²) in [5, 5.41) is 6.73. The molecule has 0 bridgehead atoms. The Bertz CT molecular complexity index is 2030. The molecule has 0 atom stereocenters. The maximum atomic E-state index is 13.2. The first-order chi connectivity index (χ1) is 22.7. The molecule has 47 heavy (non-hydrogen) atoms. The SMILES string of the molecule is COc1ccc2nc(SCC(=O)Nc3ccc(S(=O)(=O)c4ccc(NC(=O)CSc5nc6ccc(OC)cc6[nH]5)cc4)cc3)[nH]c2c1. The summed E-state index contributed by atoms with van der Waals surface area (Å²) in [5.74, 6) is 1.09. The van der Waals surface area contributed by atoms with Crippen LogP contribution in [0.2, 0.25) is 0 Å². The zero-order chi connectivity index (χ0) is 33.0. The average molecular weight is 689 g/mol. The van der Waals surface area contributed by atoms with E-state index in [-0.39, 0.29) is 33.1 Å². The largest absolute Gasteiger partial charge is 0.497 e. The molecule has 0 unspecified atom stereocenters. The Labute approximate surface area is 278 Å². The van der Waals surface area contributed by atoms with E-state index in [0.717, 1.165) is 22.1 Å². The number of nitrogens with zero attached hydrogens (tertiary/aromatic N) is 2. The van der Waals surface area contributed by atoms with Crippen LogP contribution in [0.5, 0.6) is 11.5 Å². The van der Waals surface area contributed by atoms with Crippen LogP contribution in [0.25, 0.3) is 22.1 Å². The molecule has 0 fully saturated rings. The number of anilines is 2. The Morgan fingerprint density at radius 3 is 1.45 bits per heavy atom. The van der Waals surface area contributed by atoms with Crippen molar-refractivity contribution < 1.29 is 27.5 Å². The molecule has 0 aliphatic rings. The smallest absolute Gasteiger partial charge is 0.234 e. The fourth-order valence-corrected chi connectivity index (χ4v) is 7.19. The minimum Gasteiger partial charge on any atom is -0.497 e. The number of methoxy groups -OCH3 is 2. The molecule has 0 aliphatic carbocycles. The van der Waals surface area contributed by atoms with E-state index in [1.54, 1.807) is 14.2 Å². The van der Waals surface area contributed by atoms with E-state index >= 15 is 0 Å². The molecule has 15 heteroatoms. The van der Waals surface area contributed by atoms with Gasteiger partial charge in [-0.15, -0.1) is 0 Å². The molecule has 0 saturated carbocycles. The van der Waals surface area contributed by atoms with Crippen LogP contribution in [0.1, 0.15) is 0 Å². The third-order valence-electron chi connectivity index (χ3n) is 6.91. The Balaban J connectivity index is 1.000. The average Bonchev–Trinajstić information content (AvgIpc) is 3.69. The highest BCUT2D eigenvalue weighted by molar-refractivity contribution is 8.00. The maximum absolute atomic E-state index is 13.2. The highest BCUT2D eigenvalue weighted by atomic mass is 32.2. The fourth-order valence-electron chi connectivity index (χ4n) is 4.55. The second-order valence-corrected chi connectivity index (χ2v) is 14.0. The lowest BCUT2D eigenvalue weighted by Crippen LogP contribution is -2.14. The number of benzene rings is 4. The number of ether oxygens (including phenoxy) is 2. The van der Waals surface area contributed by atoms with Gasteiger partial charge in [0.2, 0.25) is 21.7 Å². The molecular weight excluding hydrogens is 661 g/mol. The summed E-state index contributed by atoms with van der Waals surface area (Å²) < 4.78 is 36.9. The lowest BCUT2D eigenvalue weighted by Gasteiger charge is -2.09. The van der Waals surface area contributed by atoms with Crippen LogP contribution in [0.15, 0.2) is 105 Å². The fraction of sp³-hybridized carbons (Fsp3) is 0.125. The van der Waals surface area contributed by atoms with Gasteiger partial charge >= 0.3 is 0 Å². The number of hydrogen-bond acceptors (Lipinski definition) is 10. The van der Waals surface area contributed by atoms with Gasteiger partial charge in [0.25, 0.3) is 0 Å². The van der Waals surface area contributed by atoms with Crippen LogP contribution in [0.4, 0.5) is 11.4 Å². The number of hydrogen-bond donors (Lipinski definition) is 4. The van der Waals surface area contributed by atoms with Crippen molar-refractivity contribution in [3.63, 3.8) is 0 Å². The molecule has 0 spiro atoms. The predicted octanol–water partition coefficient (Wildman–Crippen LogP) is 5.75. The predicted molar refractivity (Wildman–Crippen MR) is 182 cm³/mol. The summed E-state index contributed by atoms with van der Waals surface area (Å²) in [4.78, 5) is 40.4. The summed E-state index contributed by atoms with van der Waals surface area (Å²) in [6, 6.07) is 22.8. The summed E-state index contributed by atoms with van der Waals surface area (Å²) in [6.07, 6.45) is 0. The van der Waals surface area contributed by atoms with Crippen LogP contribution in [0.3, 0.4) is 0 Å². The molecule has 6 aromatic rings. The summed E-state index contributed by atoms with van der Waals surface area (Å²) in [5.41, 5.74) is 4.06. The highest BCUT2D eigenvalue weighted by Crippen LogP contribution is 2.27. The highest BCUT2D eigenvalue weighted by Gasteiger charge is 2.18. The molecular formula is C32H28N6O6S3. The Kier molecular flexibility index (Phi) is 9.38. The normalized spacial score (nSPS) is 11.4. The minimum absolute atomic E-state index is 0.0687. The Hall–Kier alpha value is -4.99. The van der Waals surface area contributed by atoms with Gasteiger partial charge in [0.05, 0.1) is 57.6 Å². The summed E-state index contributed by atoms with van der Waals surface area (Å²) in [6.45, 7) is 0. The first-order valence-corrected chi connectivity index (χ1v) is 17.5. The van der Waals surface area contributed by atoms with Crippen molar-refractivity contribution in [2.75, 3.05) is 36.4 Å². The molecule has 2 aromatic heterocycles. The second kappa shape index (κ2) is 13.8. The van der Waals surface area contributed by atoms with Gasteiger partial charge in [-0.05, 0) is 72.8 Å². The second-order valence-electron chi connectivity index (χ2n) is 10.1. The Morgan fingerprint density at radius 2 is 1.06 bits per heavy atom. The number of sulfone groups is 1. The first kappa shape index (κ1) is 32.0. The van der Waals surface area contributed by atoms with Gasteiger partial charge in [-0.2, -0.15) is 0 Å². The topological polar surface area (TPSA) is 168 Å². The monoisotopic (exact) mass is 688 g/mol. The third kappa shape index (κ3) is 7.53. The number of imidazole rings is 2. The molecule has 240 valence electrons. The number of thioether (sulfide) groups is 2. The molecule has 4 aromatic carbocycles. The molecule has 2 amide bonds. The zero-order valence-corrected chi connectivity index (χ0v) is 27.5. The first-order valence-electron chi connectivity index (χ1n) is 14.1. The van der Waals surface area contributed by atoms with E-state index < -0.39 is 9.84 Å². The van der Waals surface area contributed by atoms with E-state index in [0.29, 0.717) is 33.2 Å². The maximum Gasteiger partial charge on any atom is 0.234 e. The van der Waals surface area contributed by atoms with Crippen LogP contribution < -0.4 is 20.1 Å². The van der Waals surface area contributed by atoms with Gasteiger partial charge in [-0.1, -0.05) is 23.5 Å². The van der Waals surface area contributed by atoms with Crippen LogP contribution >= 0.6 is 23.5 Å². The lowest BCUT2D eigenvalue weighted by molar-refractivity contribution is -0.114. The quantitative estimate of drug-likeness (QED) is 0.116. The molecule has 2 heterocycles. The van der Waals surface area contributed by atoms with E-state index in [9.17, 15) is 18.0 Å². The minimum atomic E-state index is -3.83. The summed E-state index contributed by atoms with van der Waals surface area (Å²) >= 11 is 2.50. The van der Waals surface area contributed by atoms with E-state index in [4.69, 9.17) is 9.47 Å². The van der Waals surface area contributed by atoms with Gasteiger partial charge in [-0.25, -0.2) is 18.4 Å². The van der Waals surface area contributed by atoms with Crippen molar-refractivity contribution in [3.8, 4) is 11.5 Å². The number of H-pyrrole nitrogens is 2. The number of aromatic nitrogens is 4. The number of carbonyl (C=O) groups excluding carboxylic acids is 2. The van der Waals surface area contributed by atoms with Crippen molar-refractivity contribution in [1.29, 1.82) is 0 Å². The van der Waals surface area contributed by atoms with Crippen LogP contribution in [-0.4, -0.2) is 65.9 Å². The molecule has 12 nitrogen and oxygen atoms in total. The van der Waals surface area contributed by atoms with Crippen molar-refractivity contribution in [2.45, 2.75) is 20.1 Å². The molecule has 0 aliphatic heterocycles. The van der Waals surface area contributed by atoms with E-state index in [2.05, 4.69) is 30.6 Å². The van der Waals surface area contributed by atoms with E-state index in [1.807, 2.05) is 36.4 Å². The van der Waals surface area contributed by atoms with Gasteiger partial charge < -0.3 is 30.1 Å². The van der Waals surface area contributed by atoms with Crippen molar-refractivity contribution in [3.05, 3.63) is 84.9 Å². The number of nitrogens with one attached hydrogen (secondary N) is 4. The van der Waals surface area contributed by atoms with Crippen molar-refractivity contribution in [1.82, 2.24) is 19.9 Å². The third-order valence-corrected chi connectivity index (χ3v) is 10.4. The van der Waals surface area contributed by atoms with Gasteiger partial charge in [0, 0.05) is 23.5 Å². The number of fused-ring (bicyclic) bond motifs is 2. The Morgan fingerprint density at radius 1 is 0.660 bits per heavy atom. The number of amides is 2. The number of aromatic amines is 2. The summed E-state index contributed by atoms with van der Waals surface area (Å²) in [7, 11) is -0.657. The standard InChI is InChI=1S/C32H28N6O6S3/c1-43-21-7-13-25-27(15-21)37-31(35-25)45-17-29(39)33-19-3-9-23(10-4-19)47(41,42)24-11-5-20(6-12-24)34-30(40)18-46-32-36-26-14-8-22(44-2)16-28(26)38-32/h3-16H,17-18H2,1-2H3,(H,33,39)(H,34,40)(H,35,37)(H,36,38). The van der Waals surface area contributed by atoms with Gasteiger partial charge in [-0.3, -0.25) is 9.59 Å². The van der Waals surface area contributed by atoms with Gasteiger partial charge in [0.1, 0.15) is 11.5 Å². The van der Waals surface area contributed by atoms with Crippen molar-refractivity contribution in [2.24, 2.45) is 0 Å². The molecule has 6 rings (SSSR count). The van der Waals surface area contributed by atoms with E-state index in [1.165, 1.54) is 72.1 Å². The molecule has 0 saturated heterocycles. The zero-order valence-electron chi connectivity index (χ0n) is 25.1. The lowest BCUT2D eigenvalue weighted by atomic mass is 10.3. The molecule has 0 radical (unpaired) electrons. The number of carbonyl (C=O) groups is 2. The van der Waals surface area contributed by atoms with Gasteiger partial charge in [0.15, 0.2) is 10.3 Å². The van der Waals surface area contributed by atoms with Crippen molar-refractivity contribution >= 4 is 78.6 Å². The number of rotatable bonds is 12. The molecule has 4 N–H and O–H groups in total. The van der Waals surface area contributed by atoms with Crippen LogP contribution in [-0.2, 0) is 19.4 Å².